The van der Waals surface area contributed by atoms with Crippen LogP contribution in [0.2, 0.25) is 0 Å². The number of nitro benzene ring substituents is 1. The van der Waals surface area contributed by atoms with Crippen LogP contribution in [0.4, 0.5) is 5.69 Å². The molecule has 1 aromatic rings. The SMILES string of the molecule is C=CCOC(C)C(=O)OCc1cccc([N+](=O)[O-])c1C. The lowest BCUT2D eigenvalue weighted by Crippen LogP contribution is -2.23. The Morgan fingerprint density at radius 3 is 2.85 bits per heavy atom. The molecule has 0 aliphatic rings. The number of nitrogens with zero attached hydrogens (tertiary/aromatic N) is 1. The lowest BCUT2D eigenvalue weighted by Gasteiger charge is -2.12. The van der Waals surface area contributed by atoms with Crippen molar-refractivity contribution < 1.29 is 19.2 Å². The van der Waals surface area contributed by atoms with Gasteiger partial charge in [0.05, 0.1) is 11.5 Å². The quantitative estimate of drug-likeness (QED) is 0.331. The van der Waals surface area contributed by atoms with Crippen LogP contribution in [0.3, 0.4) is 0 Å². The van der Waals surface area contributed by atoms with Gasteiger partial charge in [-0.3, -0.25) is 10.1 Å². The Morgan fingerprint density at radius 1 is 1.55 bits per heavy atom. The molecular weight excluding hydrogens is 262 g/mol. The van der Waals surface area contributed by atoms with Crippen LogP contribution in [0.15, 0.2) is 30.9 Å². The highest BCUT2D eigenvalue weighted by molar-refractivity contribution is 5.74. The van der Waals surface area contributed by atoms with Gasteiger partial charge in [0.1, 0.15) is 6.61 Å². The van der Waals surface area contributed by atoms with Crippen LogP contribution >= 0.6 is 0 Å². The Morgan fingerprint density at radius 2 is 2.25 bits per heavy atom. The van der Waals surface area contributed by atoms with Crippen molar-refractivity contribution in [2.24, 2.45) is 0 Å². The molecule has 0 heterocycles. The van der Waals surface area contributed by atoms with Crippen LogP contribution in [0.1, 0.15) is 18.1 Å². The molecule has 1 atom stereocenters. The van der Waals surface area contributed by atoms with Crippen LogP contribution in [0.5, 0.6) is 0 Å². The molecule has 108 valence electrons. The first kappa shape index (κ1) is 15.8. The van der Waals surface area contributed by atoms with Crippen molar-refractivity contribution in [2.45, 2.75) is 26.6 Å². The zero-order valence-electron chi connectivity index (χ0n) is 11.5. The molecule has 0 N–H and O–H groups in total. The van der Waals surface area contributed by atoms with E-state index in [1.807, 2.05) is 0 Å². The molecule has 0 aliphatic heterocycles. The third-order valence-electron chi connectivity index (χ3n) is 2.78. The molecule has 0 fully saturated rings. The number of rotatable bonds is 7. The molecule has 20 heavy (non-hydrogen) atoms. The number of esters is 1. The summed E-state index contributed by atoms with van der Waals surface area (Å²) in [6.45, 7) is 6.92. The summed E-state index contributed by atoms with van der Waals surface area (Å²) in [5, 5.41) is 10.8. The zero-order chi connectivity index (χ0) is 15.1. The Hall–Kier alpha value is -2.21. The van der Waals surface area contributed by atoms with Crippen molar-refractivity contribution in [2.75, 3.05) is 6.61 Å². The highest BCUT2D eigenvalue weighted by atomic mass is 16.6. The van der Waals surface area contributed by atoms with E-state index in [0.717, 1.165) is 0 Å². The summed E-state index contributed by atoms with van der Waals surface area (Å²) in [6.07, 6.45) is 0.834. The molecule has 0 amide bonds. The van der Waals surface area contributed by atoms with Gasteiger partial charge in [0.25, 0.3) is 5.69 Å². The fraction of sp³-hybridized carbons (Fsp3) is 0.357. The maximum atomic E-state index is 11.6. The number of hydrogen-bond donors (Lipinski definition) is 0. The first-order valence-electron chi connectivity index (χ1n) is 6.09. The van der Waals surface area contributed by atoms with E-state index >= 15 is 0 Å². The van der Waals surface area contributed by atoms with Gasteiger partial charge in [-0.1, -0.05) is 18.2 Å². The second-order valence-electron chi connectivity index (χ2n) is 4.19. The van der Waals surface area contributed by atoms with Gasteiger partial charge in [-0.15, -0.1) is 6.58 Å². The average molecular weight is 279 g/mol. The van der Waals surface area contributed by atoms with Crippen molar-refractivity contribution in [3.05, 3.63) is 52.1 Å². The van der Waals surface area contributed by atoms with E-state index in [2.05, 4.69) is 6.58 Å². The molecule has 0 aromatic heterocycles. The summed E-state index contributed by atoms with van der Waals surface area (Å²) in [4.78, 5) is 22.0. The Balaban J connectivity index is 2.66. The Kier molecular flexibility index (Phi) is 5.86. The molecule has 0 saturated heterocycles. The molecule has 1 rings (SSSR count). The monoisotopic (exact) mass is 279 g/mol. The number of hydrogen-bond acceptors (Lipinski definition) is 5. The third-order valence-corrected chi connectivity index (χ3v) is 2.78. The van der Waals surface area contributed by atoms with Crippen LogP contribution in [-0.4, -0.2) is 23.6 Å². The van der Waals surface area contributed by atoms with Gasteiger partial charge < -0.3 is 9.47 Å². The van der Waals surface area contributed by atoms with Gasteiger partial charge in [-0.2, -0.15) is 0 Å². The van der Waals surface area contributed by atoms with E-state index in [-0.39, 0.29) is 18.9 Å². The Bertz CT molecular complexity index is 512. The minimum Gasteiger partial charge on any atom is -0.459 e. The highest BCUT2D eigenvalue weighted by Crippen LogP contribution is 2.21. The third kappa shape index (κ3) is 4.17. The molecule has 0 bridgehead atoms. The molecule has 1 unspecified atom stereocenters. The average Bonchev–Trinajstić information content (AvgIpc) is 2.42. The maximum absolute atomic E-state index is 11.6. The predicted octanol–water partition coefficient (Wildman–Crippen LogP) is 2.54. The topological polar surface area (TPSA) is 78.7 Å². The van der Waals surface area contributed by atoms with E-state index in [0.29, 0.717) is 11.1 Å². The highest BCUT2D eigenvalue weighted by Gasteiger charge is 2.17. The summed E-state index contributed by atoms with van der Waals surface area (Å²) in [6, 6.07) is 4.66. The van der Waals surface area contributed by atoms with Gasteiger partial charge >= 0.3 is 5.97 Å². The smallest absolute Gasteiger partial charge is 0.335 e. The van der Waals surface area contributed by atoms with Crippen molar-refractivity contribution in [1.82, 2.24) is 0 Å². The number of carbonyl (C=O) groups excluding carboxylic acids is 1. The normalized spacial score (nSPS) is 11.7. The van der Waals surface area contributed by atoms with Crippen LogP contribution in [0.25, 0.3) is 0 Å². The lowest BCUT2D eigenvalue weighted by molar-refractivity contribution is -0.385. The summed E-state index contributed by atoms with van der Waals surface area (Å²) < 4.78 is 10.2. The first-order chi connectivity index (χ1) is 9.47. The van der Waals surface area contributed by atoms with Gasteiger partial charge in [-0.25, -0.2) is 4.79 Å². The lowest BCUT2D eigenvalue weighted by atomic mass is 10.1. The molecule has 6 heteroatoms. The van der Waals surface area contributed by atoms with Crippen molar-refractivity contribution in [3.8, 4) is 0 Å². The van der Waals surface area contributed by atoms with Gasteiger partial charge in [0, 0.05) is 11.6 Å². The van der Waals surface area contributed by atoms with Crippen molar-refractivity contribution in [1.29, 1.82) is 0 Å². The standard InChI is InChI=1S/C14H17NO5/c1-4-8-19-11(3)14(16)20-9-12-6-5-7-13(10(12)2)15(17)18/h4-7,11H,1,8-9H2,2-3H3. The molecule has 0 radical (unpaired) electrons. The van der Waals surface area contributed by atoms with Crippen molar-refractivity contribution >= 4 is 11.7 Å². The number of carbonyl (C=O) groups is 1. The van der Waals surface area contributed by atoms with Crippen LogP contribution in [-0.2, 0) is 20.9 Å². The maximum Gasteiger partial charge on any atom is 0.335 e. The summed E-state index contributed by atoms with van der Waals surface area (Å²) >= 11 is 0. The van der Waals surface area contributed by atoms with Crippen LogP contribution in [0, 0.1) is 17.0 Å². The van der Waals surface area contributed by atoms with Gasteiger partial charge in [0.15, 0.2) is 6.10 Å². The second kappa shape index (κ2) is 7.40. The number of nitro groups is 1. The Labute approximate surface area is 117 Å². The molecule has 0 aliphatic carbocycles. The zero-order valence-corrected chi connectivity index (χ0v) is 11.5. The van der Waals surface area contributed by atoms with E-state index < -0.39 is 17.0 Å². The van der Waals surface area contributed by atoms with Crippen molar-refractivity contribution in [3.63, 3.8) is 0 Å². The number of ether oxygens (including phenoxy) is 2. The second-order valence-corrected chi connectivity index (χ2v) is 4.19. The molecule has 6 nitrogen and oxygen atoms in total. The van der Waals surface area contributed by atoms with E-state index in [4.69, 9.17) is 9.47 Å². The number of benzene rings is 1. The minimum atomic E-state index is -0.702. The molecular formula is C14H17NO5. The van der Waals surface area contributed by atoms with E-state index in [9.17, 15) is 14.9 Å². The van der Waals surface area contributed by atoms with Crippen LogP contribution < -0.4 is 0 Å². The summed E-state index contributed by atoms with van der Waals surface area (Å²) in [5.74, 6) is -0.516. The van der Waals surface area contributed by atoms with E-state index in [1.165, 1.54) is 12.1 Å². The predicted molar refractivity (Wildman–Crippen MR) is 73.2 cm³/mol. The fourth-order valence-corrected chi connectivity index (χ4v) is 1.57. The molecule has 1 aromatic carbocycles. The molecule has 0 saturated carbocycles. The van der Waals surface area contributed by atoms with E-state index in [1.54, 1.807) is 26.0 Å². The largest absolute Gasteiger partial charge is 0.459 e. The van der Waals surface area contributed by atoms with Gasteiger partial charge in [0.2, 0.25) is 0 Å². The summed E-state index contributed by atoms with van der Waals surface area (Å²) in [5.41, 5.74) is 1.10. The fourth-order valence-electron chi connectivity index (χ4n) is 1.57. The molecule has 0 spiro atoms. The van der Waals surface area contributed by atoms with Gasteiger partial charge in [-0.05, 0) is 19.4 Å². The minimum absolute atomic E-state index is 0.00880. The first-order valence-corrected chi connectivity index (χ1v) is 6.09. The summed E-state index contributed by atoms with van der Waals surface area (Å²) in [7, 11) is 0.